The summed E-state index contributed by atoms with van der Waals surface area (Å²) < 4.78 is 0. The van der Waals surface area contributed by atoms with E-state index in [-0.39, 0.29) is 12.5 Å². The third-order valence-corrected chi connectivity index (χ3v) is 2.67. The van der Waals surface area contributed by atoms with Crippen LogP contribution in [-0.4, -0.2) is 28.5 Å². The van der Waals surface area contributed by atoms with E-state index in [4.69, 9.17) is 5.11 Å². The standard InChI is InChI=1S/C13H18N2O3/c1-13(2,12(17)18)9-15-11(16)6-5-10-4-3-7-14-8-10/h3-4,7-8H,5-6,9H2,1-2H3,(H,15,16)(H,17,18). The summed E-state index contributed by atoms with van der Waals surface area (Å²) >= 11 is 0. The predicted molar refractivity (Wildman–Crippen MR) is 67.0 cm³/mol. The first kappa shape index (κ1) is 14.2. The second-order valence-electron chi connectivity index (χ2n) is 4.83. The van der Waals surface area contributed by atoms with Crippen LogP contribution < -0.4 is 5.32 Å². The lowest BCUT2D eigenvalue weighted by Crippen LogP contribution is -2.38. The lowest BCUT2D eigenvalue weighted by Gasteiger charge is -2.19. The van der Waals surface area contributed by atoms with Gasteiger partial charge >= 0.3 is 5.97 Å². The molecule has 1 heterocycles. The second-order valence-corrected chi connectivity index (χ2v) is 4.83. The summed E-state index contributed by atoms with van der Waals surface area (Å²) in [6.07, 6.45) is 4.34. The van der Waals surface area contributed by atoms with Crippen molar-refractivity contribution in [3.8, 4) is 0 Å². The van der Waals surface area contributed by atoms with E-state index in [1.165, 1.54) is 0 Å². The van der Waals surface area contributed by atoms with Gasteiger partial charge in [-0.2, -0.15) is 0 Å². The van der Waals surface area contributed by atoms with Gasteiger partial charge in [-0.25, -0.2) is 0 Å². The van der Waals surface area contributed by atoms with Gasteiger partial charge in [0.05, 0.1) is 5.41 Å². The van der Waals surface area contributed by atoms with Crippen molar-refractivity contribution in [1.82, 2.24) is 10.3 Å². The van der Waals surface area contributed by atoms with Crippen molar-refractivity contribution in [2.45, 2.75) is 26.7 Å². The Hall–Kier alpha value is -1.91. The zero-order valence-corrected chi connectivity index (χ0v) is 10.6. The molecule has 5 heteroatoms. The van der Waals surface area contributed by atoms with Gasteiger partial charge in [0.2, 0.25) is 5.91 Å². The topological polar surface area (TPSA) is 79.3 Å². The Bertz CT molecular complexity index is 416. The second kappa shape index (κ2) is 6.14. The van der Waals surface area contributed by atoms with E-state index in [2.05, 4.69) is 10.3 Å². The molecule has 0 aliphatic heterocycles. The van der Waals surface area contributed by atoms with Crippen molar-refractivity contribution in [1.29, 1.82) is 0 Å². The maximum absolute atomic E-state index is 11.6. The molecule has 0 spiro atoms. The minimum atomic E-state index is -0.941. The van der Waals surface area contributed by atoms with Crippen molar-refractivity contribution >= 4 is 11.9 Å². The maximum atomic E-state index is 11.6. The van der Waals surface area contributed by atoms with Crippen molar-refractivity contribution in [3.63, 3.8) is 0 Å². The highest BCUT2D eigenvalue weighted by Crippen LogP contribution is 2.13. The third kappa shape index (κ3) is 4.53. The number of carbonyl (C=O) groups excluding carboxylic acids is 1. The fourth-order valence-corrected chi connectivity index (χ4v) is 1.29. The quantitative estimate of drug-likeness (QED) is 0.796. The van der Waals surface area contributed by atoms with Gasteiger partial charge in [-0.3, -0.25) is 14.6 Å². The van der Waals surface area contributed by atoms with E-state index < -0.39 is 11.4 Å². The monoisotopic (exact) mass is 250 g/mol. The van der Waals surface area contributed by atoms with Crippen LogP contribution in [-0.2, 0) is 16.0 Å². The summed E-state index contributed by atoms with van der Waals surface area (Å²) in [4.78, 5) is 26.4. The van der Waals surface area contributed by atoms with Crippen molar-refractivity contribution in [2.24, 2.45) is 5.41 Å². The number of nitrogens with zero attached hydrogens (tertiary/aromatic N) is 1. The number of aliphatic carboxylic acids is 1. The van der Waals surface area contributed by atoms with E-state index >= 15 is 0 Å². The van der Waals surface area contributed by atoms with Gasteiger partial charge in [0, 0.05) is 25.4 Å². The molecule has 0 bridgehead atoms. The molecular formula is C13H18N2O3. The number of carboxylic acid groups (broad SMARTS) is 1. The number of carboxylic acids is 1. The Morgan fingerprint density at radius 3 is 2.72 bits per heavy atom. The predicted octanol–water partition coefficient (Wildman–Crippen LogP) is 1.24. The largest absolute Gasteiger partial charge is 0.481 e. The normalized spacial score (nSPS) is 11.0. The number of hydrogen-bond acceptors (Lipinski definition) is 3. The van der Waals surface area contributed by atoms with E-state index in [0.717, 1.165) is 5.56 Å². The third-order valence-electron chi connectivity index (χ3n) is 2.67. The molecule has 2 N–H and O–H groups in total. The van der Waals surface area contributed by atoms with Gasteiger partial charge in [0.1, 0.15) is 0 Å². The number of hydrogen-bond donors (Lipinski definition) is 2. The molecule has 1 aromatic rings. The SMILES string of the molecule is CC(C)(CNC(=O)CCc1cccnc1)C(=O)O. The molecule has 1 rings (SSSR count). The van der Waals surface area contributed by atoms with Crippen LogP contribution in [0.3, 0.4) is 0 Å². The molecular weight excluding hydrogens is 232 g/mol. The summed E-state index contributed by atoms with van der Waals surface area (Å²) in [5, 5.41) is 11.5. The van der Waals surface area contributed by atoms with Gasteiger partial charge in [-0.1, -0.05) is 6.07 Å². The highest BCUT2D eigenvalue weighted by atomic mass is 16.4. The van der Waals surface area contributed by atoms with E-state index in [9.17, 15) is 9.59 Å². The average Bonchev–Trinajstić information content (AvgIpc) is 2.35. The molecule has 0 atom stereocenters. The zero-order chi connectivity index (χ0) is 13.6. The average molecular weight is 250 g/mol. The van der Waals surface area contributed by atoms with E-state index in [0.29, 0.717) is 12.8 Å². The molecule has 0 saturated heterocycles. The van der Waals surface area contributed by atoms with Gasteiger partial charge in [0.15, 0.2) is 0 Å². The van der Waals surface area contributed by atoms with Crippen LogP contribution in [0, 0.1) is 5.41 Å². The van der Waals surface area contributed by atoms with Gasteiger partial charge < -0.3 is 10.4 Å². The molecule has 0 aliphatic carbocycles. The lowest BCUT2D eigenvalue weighted by molar-refractivity contribution is -0.146. The Morgan fingerprint density at radius 1 is 1.44 bits per heavy atom. The first-order chi connectivity index (χ1) is 8.42. The first-order valence-corrected chi connectivity index (χ1v) is 5.81. The Labute approximate surface area is 106 Å². The van der Waals surface area contributed by atoms with E-state index in [1.54, 1.807) is 26.2 Å². The number of nitrogens with one attached hydrogen (secondary N) is 1. The van der Waals surface area contributed by atoms with Crippen molar-refractivity contribution in [2.75, 3.05) is 6.54 Å². The van der Waals surface area contributed by atoms with Crippen LogP contribution >= 0.6 is 0 Å². The number of amides is 1. The molecule has 0 fully saturated rings. The van der Waals surface area contributed by atoms with Crippen LogP contribution in [0.25, 0.3) is 0 Å². The number of aryl methyl sites for hydroxylation is 1. The summed E-state index contributed by atoms with van der Waals surface area (Å²) in [6, 6.07) is 3.72. The van der Waals surface area contributed by atoms with Crippen LogP contribution in [0.4, 0.5) is 0 Å². The number of carbonyl (C=O) groups is 2. The smallest absolute Gasteiger partial charge is 0.310 e. The lowest BCUT2D eigenvalue weighted by atomic mass is 9.94. The first-order valence-electron chi connectivity index (χ1n) is 5.81. The van der Waals surface area contributed by atoms with E-state index in [1.807, 2.05) is 12.1 Å². The van der Waals surface area contributed by atoms with Gasteiger partial charge in [-0.15, -0.1) is 0 Å². The minimum Gasteiger partial charge on any atom is -0.481 e. The highest BCUT2D eigenvalue weighted by molar-refractivity contribution is 5.78. The molecule has 18 heavy (non-hydrogen) atoms. The molecule has 1 amide bonds. The minimum absolute atomic E-state index is 0.133. The molecule has 0 saturated carbocycles. The number of rotatable bonds is 6. The van der Waals surface area contributed by atoms with Crippen molar-refractivity contribution in [3.05, 3.63) is 30.1 Å². The summed E-state index contributed by atoms with van der Waals surface area (Å²) in [6.45, 7) is 3.29. The number of pyridine rings is 1. The Balaban J connectivity index is 2.33. The molecule has 98 valence electrons. The summed E-state index contributed by atoms with van der Waals surface area (Å²) in [5.74, 6) is -1.07. The summed E-state index contributed by atoms with van der Waals surface area (Å²) in [7, 11) is 0. The van der Waals surface area contributed by atoms with Gasteiger partial charge in [-0.05, 0) is 31.9 Å². The van der Waals surface area contributed by atoms with Crippen molar-refractivity contribution < 1.29 is 14.7 Å². The molecule has 0 aliphatic rings. The molecule has 0 radical (unpaired) electrons. The van der Waals surface area contributed by atoms with Crippen LogP contribution in [0.5, 0.6) is 0 Å². The maximum Gasteiger partial charge on any atom is 0.310 e. The van der Waals surface area contributed by atoms with Crippen LogP contribution in [0.2, 0.25) is 0 Å². The molecule has 5 nitrogen and oxygen atoms in total. The zero-order valence-electron chi connectivity index (χ0n) is 10.6. The summed E-state index contributed by atoms with van der Waals surface area (Å²) in [5.41, 5.74) is 0.0504. The number of aromatic nitrogens is 1. The fourth-order valence-electron chi connectivity index (χ4n) is 1.29. The Kier molecular flexibility index (Phi) is 4.83. The van der Waals surface area contributed by atoms with Gasteiger partial charge in [0.25, 0.3) is 0 Å². The molecule has 0 unspecified atom stereocenters. The van der Waals surface area contributed by atoms with Crippen LogP contribution in [0.15, 0.2) is 24.5 Å². The van der Waals surface area contributed by atoms with Crippen LogP contribution in [0.1, 0.15) is 25.8 Å². The molecule has 0 aromatic carbocycles. The highest BCUT2D eigenvalue weighted by Gasteiger charge is 2.27. The fraction of sp³-hybridized carbons (Fsp3) is 0.462. The Morgan fingerprint density at radius 2 is 2.17 bits per heavy atom. The molecule has 1 aromatic heterocycles.